The Bertz CT molecular complexity index is 517. The van der Waals surface area contributed by atoms with Gasteiger partial charge in [-0.05, 0) is 35.8 Å². The highest BCUT2D eigenvalue weighted by Gasteiger charge is 2.08. The molecular formula is C12H10BrClN2. The monoisotopic (exact) mass is 296 g/mol. The van der Waals surface area contributed by atoms with E-state index in [0.29, 0.717) is 11.0 Å². The average Bonchev–Trinajstić information content (AvgIpc) is 2.25. The van der Waals surface area contributed by atoms with E-state index in [-0.39, 0.29) is 0 Å². The van der Waals surface area contributed by atoms with Crippen molar-refractivity contribution < 1.29 is 0 Å². The minimum atomic E-state index is 0.448. The van der Waals surface area contributed by atoms with Crippen molar-refractivity contribution in [3.8, 4) is 11.4 Å². The van der Waals surface area contributed by atoms with E-state index in [1.54, 1.807) is 0 Å². The number of aromatic nitrogens is 2. The summed E-state index contributed by atoms with van der Waals surface area (Å²) >= 11 is 9.35. The van der Waals surface area contributed by atoms with Crippen LogP contribution in [-0.2, 0) is 0 Å². The first kappa shape index (κ1) is 11.6. The van der Waals surface area contributed by atoms with Gasteiger partial charge in [-0.1, -0.05) is 35.4 Å². The number of halogens is 2. The summed E-state index contributed by atoms with van der Waals surface area (Å²) in [6, 6.07) is 8.04. The van der Waals surface area contributed by atoms with E-state index in [9.17, 15) is 0 Å². The van der Waals surface area contributed by atoms with Crippen LogP contribution in [0.15, 0.2) is 28.7 Å². The van der Waals surface area contributed by atoms with Crippen LogP contribution < -0.4 is 0 Å². The van der Waals surface area contributed by atoms with E-state index in [0.717, 1.165) is 15.7 Å². The number of nitrogens with zero attached hydrogens (tertiary/aromatic N) is 2. The summed E-state index contributed by atoms with van der Waals surface area (Å²) in [6.45, 7) is 3.94. The zero-order chi connectivity index (χ0) is 11.7. The summed E-state index contributed by atoms with van der Waals surface area (Å²) in [5.74, 6) is 0.661. The third kappa shape index (κ3) is 2.25. The molecule has 0 amide bonds. The van der Waals surface area contributed by atoms with Gasteiger partial charge in [0.05, 0.1) is 10.2 Å². The van der Waals surface area contributed by atoms with Crippen molar-refractivity contribution in [2.45, 2.75) is 13.8 Å². The number of aryl methyl sites for hydroxylation is 2. The Balaban J connectivity index is 2.57. The van der Waals surface area contributed by atoms with Crippen LogP contribution in [0.4, 0.5) is 0 Å². The van der Waals surface area contributed by atoms with Gasteiger partial charge in [-0.15, -0.1) is 0 Å². The molecule has 0 spiro atoms. The van der Waals surface area contributed by atoms with Crippen LogP contribution >= 0.6 is 27.5 Å². The Morgan fingerprint density at radius 2 is 1.94 bits per heavy atom. The molecule has 0 aliphatic carbocycles. The average molecular weight is 298 g/mol. The van der Waals surface area contributed by atoms with Crippen LogP contribution in [0.3, 0.4) is 0 Å². The normalized spacial score (nSPS) is 10.5. The number of rotatable bonds is 1. The van der Waals surface area contributed by atoms with Crippen molar-refractivity contribution in [2.75, 3.05) is 0 Å². The highest BCUT2D eigenvalue weighted by atomic mass is 79.9. The highest BCUT2D eigenvalue weighted by Crippen LogP contribution is 2.26. The summed E-state index contributed by atoms with van der Waals surface area (Å²) < 4.78 is 0.755. The SMILES string of the molecule is Cc1cccc(-c2nc(C)c(Br)c(Cl)n2)c1. The predicted octanol–water partition coefficient (Wildman–Crippen LogP) is 4.18. The minimum Gasteiger partial charge on any atom is -0.232 e. The minimum absolute atomic E-state index is 0.448. The first-order chi connectivity index (χ1) is 7.58. The highest BCUT2D eigenvalue weighted by molar-refractivity contribution is 9.10. The maximum atomic E-state index is 6.01. The lowest BCUT2D eigenvalue weighted by Crippen LogP contribution is -1.94. The molecule has 0 fully saturated rings. The molecule has 4 heteroatoms. The molecule has 0 saturated carbocycles. The van der Waals surface area contributed by atoms with Crippen molar-refractivity contribution in [3.63, 3.8) is 0 Å². The van der Waals surface area contributed by atoms with Gasteiger partial charge < -0.3 is 0 Å². The standard InChI is InChI=1S/C12H10BrClN2/c1-7-4-3-5-9(6-7)12-15-8(2)10(13)11(14)16-12/h3-6H,1-2H3. The molecular weight excluding hydrogens is 288 g/mol. The molecule has 82 valence electrons. The second-order valence-corrected chi connectivity index (χ2v) is 4.76. The predicted molar refractivity (Wildman–Crippen MR) is 69.7 cm³/mol. The molecule has 0 aliphatic heterocycles. The van der Waals surface area contributed by atoms with Gasteiger partial charge in [0, 0.05) is 5.56 Å². The molecule has 1 aromatic carbocycles. The fraction of sp³-hybridized carbons (Fsp3) is 0.167. The van der Waals surface area contributed by atoms with Crippen molar-refractivity contribution in [2.24, 2.45) is 0 Å². The second-order valence-electron chi connectivity index (χ2n) is 3.61. The van der Waals surface area contributed by atoms with Crippen molar-refractivity contribution in [1.29, 1.82) is 0 Å². The number of hydrogen-bond acceptors (Lipinski definition) is 2. The van der Waals surface area contributed by atoms with Crippen LogP contribution in [0.25, 0.3) is 11.4 Å². The van der Waals surface area contributed by atoms with Gasteiger partial charge in [0.1, 0.15) is 5.15 Å². The summed E-state index contributed by atoms with van der Waals surface area (Å²) in [6.07, 6.45) is 0. The van der Waals surface area contributed by atoms with Crippen molar-refractivity contribution in [1.82, 2.24) is 9.97 Å². The molecule has 0 aliphatic rings. The molecule has 0 radical (unpaired) electrons. The van der Waals surface area contributed by atoms with E-state index in [4.69, 9.17) is 11.6 Å². The van der Waals surface area contributed by atoms with E-state index in [1.807, 2.05) is 38.1 Å². The second kappa shape index (κ2) is 4.52. The summed E-state index contributed by atoms with van der Waals surface area (Å²) in [7, 11) is 0. The Morgan fingerprint density at radius 1 is 1.19 bits per heavy atom. The number of hydrogen-bond donors (Lipinski definition) is 0. The fourth-order valence-electron chi connectivity index (χ4n) is 1.44. The molecule has 2 nitrogen and oxygen atoms in total. The zero-order valence-electron chi connectivity index (χ0n) is 8.96. The number of benzene rings is 1. The Morgan fingerprint density at radius 3 is 2.56 bits per heavy atom. The summed E-state index contributed by atoms with van der Waals surface area (Å²) in [4.78, 5) is 8.65. The van der Waals surface area contributed by atoms with Gasteiger partial charge in [-0.3, -0.25) is 0 Å². The molecule has 0 saturated heterocycles. The molecule has 0 bridgehead atoms. The maximum Gasteiger partial charge on any atom is 0.161 e. The van der Waals surface area contributed by atoms with Crippen LogP contribution in [0.1, 0.15) is 11.3 Å². The summed E-state index contributed by atoms with van der Waals surface area (Å²) in [5.41, 5.74) is 3.01. The molecule has 2 aromatic rings. The molecule has 1 aromatic heterocycles. The zero-order valence-corrected chi connectivity index (χ0v) is 11.3. The van der Waals surface area contributed by atoms with Gasteiger partial charge >= 0.3 is 0 Å². The van der Waals surface area contributed by atoms with E-state index < -0.39 is 0 Å². The Kier molecular flexibility index (Phi) is 3.26. The lowest BCUT2D eigenvalue weighted by molar-refractivity contribution is 1.09. The first-order valence-corrected chi connectivity index (χ1v) is 6.01. The van der Waals surface area contributed by atoms with Crippen molar-refractivity contribution in [3.05, 3.63) is 45.1 Å². The summed E-state index contributed by atoms with van der Waals surface area (Å²) in [5, 5.41) is 0.448. The molecule has 0 atom stereocenters. The van der Waals surface area contributed by atoms with E-state index in [1.165, 1.54) is 5.56 Å². The third-order valence-electron chi connectivity index (χ3n) is 2.25. The molecule has 0 unspecified atom stereocenters. The fourth-order valence-corrected chi connectivity index (χ4v) is 1.83. The Hall–Kier alpha value is -0.930. The van der Waals surface area contributed by atoms with Gasteiger partial charge in [0.15, 0.2) is 5.82 Å². The van der Waals surface area contributed by atoms with Gasteiger partial charge in [0.2, 0.25) is 0 Å². The smallest absolute Gasteiger partial charge is 0.161 e. The lowest BCUT2D eigenvalue weighted by atomic mass is 10.1. The van der Waals surface area contributed by atoms with Crippen molar-refractivity contribution >= 4 is 27.5 Å². The molecule has 16 heavy (non-hydrogen) atoms. The lowest BCUT2D eigenvalue weighted by Gasteiger charge is -2.05. The van der Waals surface area contributed by atoms with E-state index >= 15 is 0 Å². The topological polar surface area (TPSA) is 25.8 Å². The molecule has 1 heterocycles. The van der Waals surface area contributed by atoms with Crippen LogP contribution in [-0.4, -0.2) is 9.97 Å². The van der Waals surface area contributed by atoms with Gasteiger partial charge in [-0.2, -0.15) is 0 Å². The van der Waals surface area contributed by atoms with Gasteiger partial charge in [0.25, 0.3) is 0 Å². The van der Waals surface area contributed by atoms with E-state index in [2.05, 4.69) is 25.9 Å². The molecule has 0 N–H and O–H groups in total. The maximum absolute atomic E-state index is 6.01. The van der Waals surface area contributed by atoms with Crippen LogP contribution in [0, 0.1) is 13.8 Å². The Labute approximate surface area is 108 Å². The van der Waals surface area contributed by atoms with Crippen LogP contribution in [0.2, 0.25) is 5.15 Å². The van der Waals surface area contributed by atoms with Gasteiger partial charge in [-0.25, -0.2) is 9.97 Å². The third-order valence-corrected chi connectivity index (χ3v) is 3.70. The largest absolute Gasteiger partial charge is 0.232 e. The van der Waals surface area contributed by atoms with Crippen LogP contribution in [0.5, 0.6) is 0 Å². The molecule has 2 rings (SSSR count). The quantitative estimate of drug-likeness (QED) is 0.738. The first-order valence-electron chi connectivity index (χ1n) is 4.84.